The van der Waals surface area contributed by atoms with Gasteiger partial charge in [-0.05, 0) is 31.2 Å². The Kier molecular flexibility index (Phi) is 7.63. The van der Waals surface area contributed by atoms with Gasteiger partial charge >= 0.3 is 0 Å². The molecule has 166 valence electrons. The van der Waals surface area contributed by atoms with Gasteiger partial charge in [0, 0.05) is 55.0 Å². The first kappa shape index (κ1) is 22.6. The molecule has 0 bridgehead atoms. The summed E-state index contributed by atoms with van der Waals surface area (Å²) in [5.74, 6) is 0.321. The number of nitrogens with one attached hydrogen (secondary N) is 1. The third-order valence-electron chi connectivity index (χ3n) is 5.43. The van der Waals surface area contributed by atoms with Gasteiger partial charge in [0.1, 0.15) is 0 Å². The lowest BCUT2D eigenvalue weighted by atomic mass is 10.1. The summed E-state index contributed by atoms with van der Waals surface area (Å²) in [5, 5.41) is 5.03. The van der Waals surface area contributed by atoms with Gasteiger partial charge in [-0.25, -0.2) is 4.98 Å². The summed E-state index contributed by atoms with van der Waals surface area (Å²) in [4.78, 5) is 21.9. The predicted molar refractivity (Wildman–Crippen MR) is 137 cm³/mol. The van der Waals surface area contributed by atoms with E-state index in [2.05, 4.69) is 70.0 Å². The number of carbonyl (C=O) groups excluding carboxylic acids is 1. The minimum absolute atomic E-state index is 0.0205. The summed E-state index contributed by atoms with van der Waals surface area (Å²) in [5.41, 5.74) is 5.31. The van der Waals surface area contributed by atoms with Gasteiger partial charge in [-0.1, -0.05) is 47.7 Å². The van der Waals surface area contributed by atoms with E-state index in [0.29, 0.717) is 5.75 Å². The number of thioether (sulfide) groups is 1. The summed E-state index contributed by atoms with van der Waals surface area (Å²) < 4.78 is 0.904. The Labute approximate surface area is 198 Å². The average molecular weight is 465 g/mol. The van der Waals surface area contributed by atoms with Crippen molar-refractivity contribution >= 4 is 40.4 Å². The van der Waals surface area contributed by atoms with Crippen molar-refractivity contribution in [1.82, 2.24) is 9.88 Å². The van der Waals surface area contributed by atoms with Crippen LogP contribution in [0.2, 0.25) is 0 Å². The smallest absolute Gasteiger partial charge is 0.234 e. The monoisotopic (exact) mass is 464 g/mol. The summed E-state index contributed by atoms with van der Waals surface area (Å²) in [6.07, 6.45) is 1.96. The first-order valence-electron chi connectivity index (χ1n) is 10.7. The minimum atomic E-state index is -0.0205. The summed E-state index contributed by atoms with van der Waals surface area (Å²) in [7, 11) is 0. The average Bonchev–Trinajstić information content (AvgIpc) is 3.29. The zero-order chi connectivity index (χ0) is 22.3. The lowest BCUT2D eigenvalue weighted by molar-refractivity contribution is -0.113. The van der Waals surface area contributed by atoms with Crippen LogP contribution in [0.5, 0.6) is 0 Å². The predicted octanol–water partition coefficient (Wildman–Crippen LogP) is 5.16. The molecule has 0 unspecified atom stereocenters. The maximum absolute atomic E-state index is 12.4. The summed E-state index contributed by atoms with van der Waals surface area (Å²) in [6, 6.07) is 16.5. The molecule has 7 heteroatoms. The summed E-state index contributed by atoms with van der Waals surface area (Å²) in [6.45, 7) is 10.9. The van der Waals surface area contributed by atoms with E-state index < -0.39 is 0 Å². The number of hydrogen-bond acceptors (Lipinski definition) is 6. The number of benzene rings is 2. The van der Waals surface area contributed by atoms with E-state index in [1.807, 2.05) is 23.6 Å². The molecule has 1 saturated heterocycles. The van der Waals surface area contributed by atoms with Crippen LogP contribution in [0, 0.1) is 6.92 Å². The molecule has 2 aromatic carbocycles. The molecule has 5 nitrogen and oxygen atoms in total. The van der Waals surface area contributed by atoms with Gasteiger partial charge in [-0.2, -0.15) is 0 Å². The molecule has 1 aromatic heterocycles. The number of thiazole rings is 1. The summed E-state index contributed by atoms with van der Waals surface area (Å²) >= 11 is 3.05. The van der Waals surface area contributed by atoms with Crippen LogP contribution in [0.3, 0.4) is 0 Å². The van der Waals surface area contributed by atoms with E-state index in [9.17, 15) is 4.79 Å². The van der Waals surface area contributed by atoms with Gasteiger partial charge in [-0.3, -0.25) is 9.69 Å². The van der Waals surface area contributed by atoms with Crippen molar-refractivity contribution in [3.8, 4) is 11.3 Å². The number of amides is 1. The number of hydrogen-bond donors (Lipinski definition) is 1. The van der Waals surface area contributed by atoms with E-state index in [4.69, 9.17) is 0 Å². The lowest BCUT2D eigenvalue weighted by Gasteiger charge is -2.35. The highest BCUT2D eigenvalue weighted by molar-refractivity contribution is 8.01. The fraction of sp³-hybridized carbons (Fsp3) is 0.280. The van der Waals surface area contributed by atoms with Crippen LogP contribution in [0.4, 0.5) is 11.4 Å². The van der Waals surface area contributed by atoms with Crippen LogP contribution in [-0.2, 0) is 4.79 Å². The molecule has 1 fully saturated rings. The molecule has 0 atom stereocenters. The topological polar surface area (TPSA) is 48.5 Å². The van der Waals surface area contributed by atoms with Crippen molar-refractivity contribution in [2.45, 2.75) is 11.3 Å². The molecule has 0 spiro atoms. The second kappa shape index (κ2) is 10.8. The molecule has 32 heavy (non-hydrogen) atoms. The fourth-order valence-electron chi connectivity index (χ4n) is 3.63. The number of anilines is 2. The Hall–Kier alpha value is -2.61. The molecule has 1 N–H and O–H groups in total. The Morgan fingerprint density at radius 2 is 1.84 bits per heavy atom. The van der Waals surface area contributed by atoms with Crippen molar-refractivity contribution in [3.05, 3.63) is 72.1 Å². The SMILES string of the molecule is C=CCN1CCN(c2ccc(NC(=O)CSc3nc(-c4ccc(C)cc4)cs3)cc2)CC1. The normalized spacial score (nSPS) is 14.3. The van der Waals surface area contributed by atoms with Gasteiger partial charge in [0.25, 0.3) is 0 Å². The zero-order valence-electron chi connectivity index (χ0n) is 18.3. The Morgan fingerprint density at radius 3 is 2.53 bits per heavy atom. The second-order valence-corrected chi connectivity index (χ2v) is 9.91. The molecule has 1 amide bonds. The molecular formula is C25H28N4OS2. The maximum Gasteiger partial charge on any atom is 0.234 e. The molecule has 3 aromatic rings. The van der Waals surface area contributed by atoms with Gasteiger partial charge in [0.15, 0.2) is 4.34 Å². The largest absolute Gasteiger partial charge is 0.369 e. The van der Waals surface area contributed by atoms with Crippen molar-refractivity contribution < 1.29 is 4.79 Å². The minimum Gasteiger partial charge on any atom is -0.369 e. The van der Waals surface area contributed by atoms with Crippen LogP contribution >= 0.6 is 23.1 Å². The quantitative estimate of drug-likeness (QED) is 0.369. The van der Waals surface area contributed by atoms with Crippen molar-refractivity contribution in [2.75, 3.05) is 48.7 Å². The van der Waals surface area contributed by atoms with Gasteiger partial charge in [-0.15, -0.1) is 17.9 Å². The molecular weight excluding hydrogens is 436 g/mol. The van der Waals surface area contributed by atoms with E-state index >= 15 is 0 Å². The second-order valence-electron chi connectivity index (χ2n) is 7.82. The van der Waals surface area contributed by atoms with E-state index in [1.165, 1.54) is 23.0 Å². The molecule has 1 aliphatic rings. The van der Waals surface area contributed by atoms with Crippen molar-refractivity contribution in [2.24, 2.45) is 0 Å². The number of carbonyl (C=O) groups is 1. The fourth-order valence-corrected chi connectivity index (χ4v) is 5.27. The number of rotatable bonds is 8. The first-order valence-corrected chi connectivity index (χ1v) is 12.6. The van der Waals surface area contributed by atoms with E-state index in [1.54, 1.807) is 11.3 Å². The molecule has 4 rings (SSSR count). The highest BCUT2D eigenvalue weighted by Gasteiger charge is 2.16. The Bertz CT molecular complexity index is 1040. The Morgan fingerprint density at radius 1 is 1.12 bits per heavy atom. The van der Waals surface area contributed by atoms with Crippen LogP contribution in [0.15, 0.2) is 70.9 Å². The molecule has 2 heterocycles. The van der Waals surface area contributed by atoms with E-state index in [-0.39, 0.29) is 5.91 Å². The number of aryl methyl sites for hydroxylation is 1. The third kappa shape index (κ3) is 6.00. The van der Waals surface area contributed by atoms with Gasteiger partial charge < -0.3 is 10.2 Å². The van der Waals surface area contributed by atoms with E-state index in [0.717, 1.165) is 54.0 Å². The molecule has 0 radical (unpaired) electrons. The molecule has 1 aliphatic heterocycles. The van der Waals surface area contributed by atoms with Crippen molar-refractivity contribution in [3.63, 3.8) is 0 Å². The molecule has 0 aliphatic carbocycles. The lowest BCUT2D eigenvalue weighted by Crippen LogP contribution is -2.46. The standard InChI is InChI=1S/C25H28N4OS2/c1-3-12-28-13-15-29(16-14-28)22-10-8-21(9-11-22)26-24(30)18-32-25-27-23(17-31-25)20-6-4-19(2)5-7-20/h3-11,17H,1,12-16,18H2,2H3,(H,26,30). The van der Waals surface area contributed by atoms with Crippen LogP contribution < -0.4 is 10.2 Å². The highest BCUT2D eigenvalue weighted by atomic mass is 32.2. The molecule has 0 saturated carbocycles. The van der Waals surface area contributed by atoms with Gasteiger partial charge in [0.05, 0.1) is 11.4 Å². The van der Waals surface area contributed by atoms with Crippen LogP contribution in [0.1, 0.15) is 5.56 Å². The number of nitrogens with zero attached hydrogens (tertiary/aromatic N) is 3. The number of piperazine rings is 1. The maximum atomic E-state index is 12.4. The van der Waals surface area contributed by atoms with Gasteiger partial charge in [0.2, 0.25) is 5.91 Å². The third-order valence-corrected chi connectivity index (χ3v) is 7.45. The zero-order valence-corrected chi connectivity index (χ0v) is 19.9. The van der Waals surface area contributed by atoms with Crippen LogP contribution in [-0.4, -0.2) is 54.3 Å². The highest BCUT2D eigenvalue weighted by Crippen LogP contribution is 2.28. The van der Waals surface area contributed by atoms with Crippen molar-refractivity contribution in [1.29, 1.82) is 0 Å². The first-order chi connectivity index (χ1) is 15.6. The Balaban J connectivity index is 1.25. The number of aromatic nitrogens is 1. The van der Waals surface area contributed by atoms with Crippen LogP contribution in [0.25, 0.3) is 11.3 Å².